The summed E-state index contributed by atoms with van der Waals surface area (Å²) < 4.78 is 5.15. The van der Waals surface area contributed by atoms with Crippen molar-refractivity contribution in [2.45, 2.75) is 13.8 Å². The monoisotopic (exact) mass is 530 g/mol. The van der Waals surface area contributed by atoms with E-state index in [0.29, 0.717) is 42.2 Å². The largest absolute Gasteiger partial charge is 0.383 e. The van der Waals surface area contributed by atoms with Gasteiger partial charge in [0, 0.05) is 63.0 Å². The lowest BCUT2D eigenvalue weighted by atomic mass is 10.00. The van der Waals surface area contributed by atoms with Crippen LogP contribution in [-0.4, -0.2) is 83.2 Å². The number of hydrogen-bond donors (Lipinski definition) is 4. The molecule has 3 aromatic heterocycles. The number of anilines is 1. The number of methoxy groups -OCH3 is 1. The molecule has 0 aliphatic heterocycles. The van der Waals surface area contributed by atoms with Gasteiger partial charge in [-0.1, -0.05) is 13.0 Å². The number of ether oxygens (including phenoxy) is 1. The van der Waals surface area contributed by atoms with Crippen molar-refractivity contribution in [2.24, 2.45) is 0 Å². The second-order valence-corrected chi connectivity index (χ2v) is 8.85. The zero-order chi connectivity index (χ0) is 27.6. The minimum atomic E-state index is -0.347. The van der Waals surface area contributed by atoms with Gasteiger partial charge in [-0.2, -0.15) is 0 Å². The molecule has 0 aliphatic carbocycles. The number of carbonyl (C=O) groups is 2. The number of pyridine rings is 2. The molecule has 0 aliphatic rings. The van der Waals surface area contributed by atoms with Crippen molar-refractivity contribution in [1.82, 2.24) is 35.5 Å². The molecule has 0 radical (unpaired) electrons. The van der Waals surface area contributed by atoms with Crippen LogP contribution < -0.4 is 16.0 Å². The fraction of sp³-hybridized carbons (Fsp3) is 0.321. The highest BCUT2D eigenvalue weighted by atomic mass is 16.5. The van der Waals surface area contributed by atoms with Gasteiger partial charge in [-0.25, -0.2) is 9.78 Å². The molecule has 3 amide bonds. The maximum atomic E-state index is 12.9. The van der Waals surface area contributed by atoms with Crippen molar-refractivity contribution >= 4 is 28.9 Å². The van der Waals surface area contributed by atoms with Crippen LogP contribution in [0.15, 0.2) is 55.0 Å². The summed E-state index contributed by atoms with van der Waals surface area (Å²) in [6.45, 7) is 8.02. The van der Waals surface area contributed by atoms with Crippen LogP contribution in [0.2, 0.25) is 0 Å². The van der Waals surface area contributed by atoms with Crippen LogP contribution in [0, 0.1) is 0 Å². The van der Waals surface area contributed by atoms with Crippen LogP contribution in [0.4, 0.5) is 10.7 Å². The molecule has 0 atom stereocenters. The third-order valence-electron chi connectivity index (χ3n) is 6.20. The first kappa shape index (κ1) is 27.7. The van der Waals surface area contributed by atoms with Gasteiger partial charge in [0.1, 0.15) is 0 Å². The molecule has 4 rings (SSSR count). The normalized spacial score (nSPS) is 11.1. The standard InChI is InChI=1S/C28H34N8O3/c1-4-30-28(38)35-27-33-24-16-19(15-22(25(24)34-27)23-8-6-7-9-31-23)20-14-21(18-29-17-20)26(37)32-10-11-36(5-2)12-13-39-3/h6-9,14-18H,4-5,10-13H2,1-3H3,(H,32,37)(H3,30,33,34,35,38). The van der Waals surface area contributed by atoms with Gasteiger partial charge < -0.3 is 20.4 Å². The topological polar surface area (TPSA) is 137 Å². The number of aromatic amines is 1. The van der Waals surface area contributed by atoms with Crippen molar-refractivity contribution < 1.29 is 14.3 Å². The number of hydrogen-bond acceptors (Lipinski definition) is 7. The predicted octanol–water partition coefficient (Wildman–Crippen LogP) is 3.53. The van der Waals surface area contributed by atoms with Crippen molar-refractivity contribution in [2.75, 3.05) is 51.8 Å². The number of urea groups is 1. The third-order valence-corrected chi connectivity index (χ3v) is 6.20. The number of carbonyl (C=O) groups excluding carboxylic acids is 2. The Balaban J connectivity index is 1.61. The van der Waals surface area contributed by atoms with Crippen molar-refractivity contribution in [3.8, 4) is 22.4 Å². The Morgan fingerprint density at radius 3 is 2.67 bits per heavy atom. The number of nitrogens with zero attached hydrogens (tertiary/aromatic N) is 4. The van der Waals surface area contributed by atoms with Crippen molar-refractivity contribution in [3.63, 3.8) is 0 Å². The molecular formula is C28H34N8O3. The number of rotatable bonds is 12. The second kappa shape index (κ2) is 13.4. The highest BCUT2D eigenvalue weighted by Gasteiger charge is 2.16. The number of benzene rings is 1. The minimum Gasteiger partial charge on any atom is -0.383 e. The van der Waals surface area contributed by atoms with Gasteiger partial charge in [0.15, 0.2) is 0 Å². The molecule has 39 heavy (non-hydrogen) atoms. The maximum Gasteiger partial charge on any atom is 0.321 e. The first-order valence-electron chi connectivity index (χ1n) is 13.0. The molecule has 0 saturated carbocycles. The maximum absolute atomic E-state index is 12.9. The number of likely N-dealkylation sites (N-methyl/N-ethyl adjacent to an activating group) is 1. The Hall–Kier alpha value is -4.35. The first-order chi connectivity index (χ1) is 19.0. The van der Waals surface area contributed by atoms with E-state index in [1.165, 1.54) is 0 Å². The zero-order valence-corrected chi connectivity index (χ0v) is 22.5. The summed E-state index contributed by atoms with van der Waals surface area (Å²) in [5, 5.41) is 8.40. The molecule has 4 aromatic rings. The molecule has 11 heteroatoms. The van der Waals surface area contributed by atoms with Gasteiger partial charge in [0.05, 0.1) is 28.9 Å². The van der Waals surface area contributed by atoms with Gasteiger partial charge in [0.2, 0.25) is 5.95 Å². The Morgan fingerprint density at radius 2 is 1.92 bits per heavy atom. The summed E-state index contributed by atoms with van der Waals surface area (Å²) >= 11 is 0. The smallest absolute Gasteiger partial charge is 0.321 e. The predicted molar refractivity (Wildman–Crippen MR) is 152 cm³/mol. The van der Waals surface area contributed by atoms with E-state index in [1.807, 2.05) is 43.3 Å². The molecule has 0 bridgehead atoms. The highest BCUT2D eigenvalue weighted by molar-refractivity contribution is 5.99. The SMILES string of the molecule is CCNC(=O)Nc1nc2c(-c3ccccn3)cc(-c3cncc(C(=O)NCCN(CC)CCOC)c3)cc2[nH]1. The highest BCUT2D eigenvalue weighted by Crippen LogP contribution is 2.33. The van der Waals surface area contributed by atoms with E-state index >= 15 is 0 Å². The summed E-state index contributed by atoms with van der Waals surface area (Å²) in [7, 11) is 1.68. The lowest BCUT2D eigenvalue weighted by molar-refractivity contribution is 0.0944. The van der Waals surface area contributed by atoms with Crippen molar-refractivity contribution in [3.05, 3.63) is 60.6 Å². The summed E-state index contributed by atoms with van der Waals surface area (Å²) in [5.41, 5.74) is 4.96. The Labute approximate surface area is 227 Å². The number of aromatic nitrogens is 4. The number of nitrogens with one attached hydrogen (secondary N) is 4. The summed E-state index contributed by atoms with van der Waals surface area (Å²) in [4.78, 5) is 43.8. The van der Waals surface area contributed by atoms with Crippen LogP contribution >= 0.6 is 0 Å². The lowest BCUT2D eigenvalue weighted by Crippen LogP contribution is -2.36. The Bertz CT molecular complexity index is 1410. The van der Waals surface area contributed by atoms with Crippen LogP contribution in [0.25, 0.3) is 33.4 Å². The fourth-order valence-corrected chi connectivity index (χ4v) is 4.17. The fourth-order valence-electron chi connectivity index (χ4n) is 4.17. The van der Waals surface area contributed by atoms with Gasteiger partial charge in [-0.05, 0) is 49.4 Å². The molecule has 0 unspecified atom stereocenters. The molecule has 11 nitrogen and oxygen atoms in total. The van der Waals surface area contributed by atoms with E-state index in [1.54, 1.807) is 25.7 Å². The molecule has 204 valence electrons. The molecule has 1 aromatic carbocycles. The van der Waals surface area contributed by atoms with Gasteiger partial charge in [-0.15, -0.1) is 0 Å². The molecular weight excluding hydrogens is 496 g/mol. The quantitative estimate of drug-likeness (QED) is 0.220. The third kappa shape index (κ3) is 7.15. The van der Waals surface area contributed by atoms with E-state index in [-0.39, 0.29) is 11.9 Å². The molecule has 0 fully saturated rings. The Morgan fingerprint density at radius 1 is 1.05 bits per heavy atom. The van der Waals surface area contributed by atoms with Crippen LogP contribution in [-0.2, 0) is 4.74 Å². The van der Waals surface area contributed by atoms with E-state index in [0.717, 1.165) is 42.0 Å². The van der Waals surface area contributed by atoms with Crippen LogP contribution in [0.3, 0.4) is 0 Å². The van der Waals surface area contributed by atoms with Gasteiger partial charge >= 0.3 is 6.03 Å². The minimum absolute atomic E-state index is 0.187. The van der Waals surface area contributed by atoms with E-state index in [4.69, 9.17) is 4.74 Å². The summed E-state index contributed by atoms with van der Waals surface area (Å²) in [6.07, 6.45) is 4.99. The number of imidazole rings is 1. The van der Waals surface area contributed by atoms with Crippen LogP contribution in [0.5, 0.6) is 0 Å². The first-order valence-corrected chi connectivity index (χ1v) is 13.0. The average molecular weight is 531 g/mol. The van der Waals surface area contributed by atoms with E-state index < -0.39 is 0 Å². The number of H-pyrrole nitrogens is 1. The van der Waals surface area contributed by atoms with E-state index in [9.17, 15) is 9.59 Å². The zero-order valence-electron chi connectivity index (χ0n) is 22.5. The summed E-state index contributed by atoms with van der Waals surface area (Å²) in [6, 6.07) is 11.0. The average Bonchev–Trinajstić information content (AvgIpc) is 3.37. The lowest BCUT2D eigenvalue weighted by Gasteiger charge is -2.19. The summed E-state index contributed by atoms with van der Waals surface area (Å²) in [5.74, 6) is 0.135. The van der Waals surface area contributed by atoms with Gasteiger partial charge in [-0.3, -0.25) is 25.0 Å². The number of fused-ring (bicyclic) bond motifs is 1. The second-order valence-electron chi connectivity index (χ2n) is 8.85. The van der Waals surface area contributed by atoms with E-state index in [2.05, 4.69) is 47.7 Å². The van der Waals surface area contributed by atoms with Crippen molar-refractivity contribution in [1.29, 1.82) is 0 Å². The number of amides is 3. The molecule has 3 heterocycles. The Kier molecular flexibility index (Phi) is 9.54. The van der Waals surface area contributed by atoms with Crippen LogP contribution in [0.1, 0.15) is 24.2 Å². The molecule has 0 saturated heterocycles. The molecule has 0 spiro atoms. The van der Waals surface area contributed by atoms with Gasteiger partial charge in [0.25, 0.3) is 5.91 Å². The molecule has 4 N–H and O–H groups in total.